The topological polar surface area (TPSA) is 76.7 Å². The van der Waals surface area contributed by atoms with Gasteiger partial charge < -0.3 is 14.8 Å². The minimum absolute atomic E-state index is 0. The fourth-order valence-electron chi connectivity index (χ4n) is 2.90. The van der Waals surface area contributed by atoms with E-state index >= 15 is 0 Å². The largest absolute Gasteiger partial charge is 0.384 e. The zero-order valence-electron chi connectivity index (χ0n) is 14.2. The lowest BCUT2D eigenvalue weighted by Crippen LogP contribution is -2.47. The maximum Gasteiger partial charge on any atom is 0.240 e. The van der Waals surface area contributed by atoms with Crippen molar-refractivity contribution in [3.05, 3.63) is 29.8 Å². The van der Waals surface area contributed by atoms with Crippen molar-refractivity contribution in [2.75, 3.05) is 40.5 Å². The Kier molecular flexibility index (Phi) is 8.62. The van der Waals surface area contributed by atoms with Crippen LogP contribution in [0.5, 0.6) is 0 Å². The minimum atomic E-state index is -3.51. The number of hydrogen-bond donors (Lipinski definition) is 2. The molecule has 1 saturated heterocycles. The number of ether oxygens (including phenoxy) is 2. The zero-order valence-corrected chi connectivity index (χ0v) is 15.8. The predicted octanol–water partition coefficient (Wildman–Crippen LogP) is 1.55. The van der Waals surface area contributed by atoms with Crippen LogP contribution in [0.4, 0.5) is 0 Å². The van der Waals surface area contributed by atoms with Crippen LogP contribution in [0.3, 0.4) is 0 Å². The summed E-state index contributed by atoms with van der Waals surface area (Å²) in [7, 11) is -0.243. The second-order valence-corrected chi connectivity index (χ2v) is 7.85. The fraction of sp³-hybridized carbons (Fsp3) is 0.625. The summed E-state index contributed by atoms with van der Waals surface area (Å²) >= 11 is 0. The highest BCUT2D eigenvalue weighted by atomic mass is 35.5. The molecule has 1 aliphatic rings. The number of piperidine rings is 1. The molecule has 0 atom stereocenters. The van der Waals surface area contributed by atoms with Gasteiger partial charge in [-0.3, -0.25) is 0 Å². The minimum Gasteiger partial charge on any atom is -0.384 e. The standard InChI is InChI=1S/C16H26N2O4S.ClH/c1-21-11-14-3-5-15(6-4-14)23(19,20)18-12-16(13-22-2)7-9-17-10-8-16;/h3-6,17-18H,7-13H2,1-2H3;1H. The Balaban J connectivity index is 0.00000288. The highest BCUT2D eigenvalue weighted by Gasteiger charge is 2.33. The SMILES string of the molecule is COCc1ccc(S(=O)(=O)NCC2(COC)CCNCC2)cc1.Cl. The van der Waals surface area contributed by atoms with Crippen LogP contribution in [0.2, 0.25) is 0 Å². The molecule has 0 saturated carbocycles. The second-order valence-electron chi connectivity index (χ2n) is 6.08. The molecule has 1 aromatic rings. The molecular formula is C16H27ClN2O4S. The third-order valence-electron chi connectivity index (χ3n) is 4.30. The first kappa shape index (κ1) is 21.3. The van der Waals surface area contributed by atoms with Crippen molar-refractivity contribution in [1.29, 1.82) is 0 Å². The van der Waals surface area contributed by atoms with Crippen LogP contribution in [0.25, 0.3) is 0 Å². The van der Waals surface area contributed by atoms with E-state index in [0.29, 0.717) is 19.8 Å². The van der Waals surface area contributed by atoms with E-state index in [1.165, 1.54) is 0 Å². The first-order chi connectivity index (χ1) is 11.0. The number of halogens is 1. The fourth-order valence-corrected chi connectivity index (χ4v) is 4.06. The molecule has 24 heavy (non-hydrogen) atoms. The molecule has 0 radical (unpaired) electrons. The van der Waals surface area contributed by atoms with Gasteiger partial charge in [-0.05, 0) is 43.6 Å². The number of benzene rings is 1. The summed E-state index contributed by atoms with van der Waals surface area (Å²) in [5.41, 5.74) is 0.809. The normalized spacial score (nSPS) is 17.2. The molecule has 0 aliphatic carbocycles. The van der Waals surface area contributed by atoms with E-state index in [1.54, 1.807) is 38.5 Å². The first-order valence-corrected chi connectivity index (χ1v) is 9.27. The smallest absolute Gasteiger partial charge is 0.240 e. The van der Waals surface area contributed by atoms with Crippen molar-refractivity contribution in [2.24, 2.45) is 5.41 Å². The molecule has 1 heterocycles. The van der Waals surface area contributed by atoms with Crippen molar-refractivity contribution in [2.45, 2.75) is 24.3 Å². The summed E-state index contributed by atoms with van der Waals surface area (Å²) in [6.07, 6.45) is 1.80. The molecule has 0 amide bonds. The lowest BCUT2D eigenvalue weighted by Gasteiger charge is -2.37. The molecule has 0 unspecified atom stereocenters. The van der Waals surface area contributed by atoms with Gasteiger partial charge in [0.2, 0.25) is 10.0 Å². The quantitative estimate of drug-likeness (QED) is 0.717. The van der Waals surface area contributed by atoms with Gasteiger partial charge in [-0.1, -0.05) is 12.1 Å². The van der Waals surface area contributed by atoms with Crippen molar-refractivity contribution < 1.29 is 17.9 Å². The maximum absolute atomic E-state index is 12.5. The van der Waals surface area contributed by atoms with E-state index in [2.05, 4.69) is 10.0 Å². The Hall–Kier alpha value is -0.700. The maximum atomic E-state index is 12.5. The Morgan fingerprint density at radius 2 is 1.75 bits per heavy atom. The van der Waals surface area contributed by atoms with E-state index in [4.69, 9.17) is 9.47 Å². The van der Waals surface area contributed by atoms with Crippen molar-refractivity contribution in [3.63, 3.8) is 0 Å². The molecule has 1 aromatic carbocycles. The molecule has 2 rings (SSSR count). The number of methoxy groups -OCH3 is 2. The van der Waals surface area contributed by atoms with Crippen LogP contribution < -0.4 is 10.0 Å². The average molecular weight is 379 g/mol. The number of hydrogen-bond acceptors (Lipinski definition) is 5. The molecular weight excluding hydrogens is 352 g/mol. The van der Waals surface area contributed by atoms with Gasteiger partial charge in [-0.25, -0.2) is 13.1 Å². The third-order valence-corrected chi connectivity index (χ3v) is 5.71. The number of rotatable bonds is 8. The molecule has 0 spiro atoms. The summed E-state index contributed by atoms with van der Waals surface area (Å²) < 4.78 is 38.1. The highest BCUT2D eigenvalue weighted by Crippen LogP contribution is 2.28. The molecule has 1 fully saturated rings. The van der Waals surface area contributed by atoms with Gasteiger partial charge in [0.25, 0.3) is 0 Å². The summed E-state index contributed by atoms with van der Waals surface area (Å²) in [6.45, 7) is 3.19. The van der Waals surface area contributed by atoms with Gasteiger partial charge in [0.05, 0.1) is 18.1 Å². The van der Waals surface area contributed by atoms with E-state index < -0.39 is 10.0 Å². The summed E-state index contributed by atoms with van der Waals surface area (Å²) in [5.74, 6) is 0. The van der Waals surface area contributed by atoms with Crippen LogP contribution in [0.1, 0.15) is 18.4 Å². The molecule has 138 valence electrons. The highest BCUT2D eigenvalue weighted by molar-refractivity contribution is 7.89. The lowest BCUT2D eigenvalue weighted by molar-refractivity contribution is 0.0577. The van der Waals surface area contributed by atoms with Crippen LogP contribution in [-0.4, -0.2) is 48.9 Å². The van der Waals surface area contributed by atoms with Crippen LogP contribution in [0.15, 0.2) is 29.2 Å². The van der Waals surface area contributed by atoms with Crippen molar-refractivity contribution in [1.82, 2.24) is 10.0 Å². The molecule has 6 nitrogen and oxygen atoms in total. The Labute approximate surface area is 150 Å². The predicted molar refractivity (Wildman–Crippen MR) is 96.0 cm³/mol. The van der Waals surface area contributed by atoms with Gasteiger partial charge in [-0.2, -0.15) is 0 Å². The van der Waals surface area contributed by atoms with Crippen molar-refractivity contribution in [3.8, 4) is 0 Å². The number of nitrogens with one attached hydrogen (secondary N) is 2. The summed E-state index contributed by atoms with van der Waals surface area (Å²) in [4.78, 5) is 0.277. The molecule has 8 heteroatoms. The Bertz CT molecular complexity index is 581. The third kappa shape index (κ3) is 5.68. The van der Waals surface area contributed by atoms with Crippen LogP contribution >= 0.6 is 12.4 Å². The summed E-state index contributed by atoms with van der Waals surface area (Å²) in [6, 6.07) is 6.77. The Morgan fingerprint density at radius 1 is 1.12 bits per heavy atom. The second kappa shape index (κ2) is 9.70. The molecule has 2 N–H and O–H groups in total. The van der Waals surface area contributed by atoms with E-state index in [0.717, 1.165) is 31.5 Å². The summed E-state index contributed by atoms with van der Waals surface area (Å²) in [5, 5.41) is 3.30. The monoisotopic (exact) mass is 378 g/mol. The van der Waals surface area contributed by atoms with Crippen LogP contribution in [-0.2, 0) is 26.1 Å². The Morgan fingerprint density at radius 3 is 2.29 bits per heavy atom. The van der Waals surface area contributed by atoms with E-state index in [1.807, 2.05) is 0 Å². The van der Waals surface area contributed by atoms with E-state index in [9.17, 15) is 8.42 Å². The van der Waals surface area contributed by atoms with E-state index in [-0.39, 0.29) is 22.7 Å². The van der Waals surface area contributed by atoms with Crippen LogP contribution in [0, 0.1) is 5.41 Å². The lowest BCUT2D eigenvalue weighted by atomic mass is 9.80. The van der Waals surface area contributed by atoms with Gasteiger partial charge in [-0.15, -0.1) is 12.4 Å². The number of sulfonamides is 1. The molecule has 0 aromatic heterocycles. The van der Waals surface area contributed by atoms with Gasteiger partial charge in [0, 0.05) is 26.2 Å². The molecule has 1 aliphatic heterocycles. The van der Waals surface area contributed by atoms with Gasteiger partial charge >= 0.3 is 0 Å². The molecule has 0 bridgehead atoms. The van der Waals surface area contributed by atoms with Crippen molar-refractivity contribution >= 4 is 22.4 Å². The van der Waals surface area contributed by atoms with Gasteiger partial charge in [0.15, 0.2) is 0 Å². The zero-order chi connectivity index (χ0) is 16.8. The average Bonchev–Trinajstić information content (AvgIpc) is 2.55. The van der Waals surface area contributed by atoms with Gasteiger partial charge in [0.1, 0.15) is 0 Å². The first-order valence-electron chi connectivity index (χ1n) is 7.79.